The minimum absolute atomic E-state index is 0.0338. The lowest BCUT2D eigenvalue weighted by Crippen LogP contribution is -2.67. The topological polar surface area (TPSA) is 93.2 Å². The summed E-state index contributed by atoms with van der Waals surface area (Å²) in [4.78, 5) is 33.7. The fraction of sp³-hybridized carbons (Fsp3) is 0.353. The average molecular weight is 595 g/mol. The van der Waals surface area contributed by atoms with Crippen LogP contribution in [-0.4, -0.2) is 102 Å². The van der Waals surface area contributed by atoms with E-state index >= 15 is 0 Å². The lowest BCUT2D eigenvalue weighted by molar-refractivity contribution is -0.0293. The molecule has 0 radical (unpaired) electrons. The Morgan fingerprint density at radius 1 is 0.795 bits per heavy atom. The number of carbonyl (C=O) groups is 1. The predicted molar refractivity (Wildman–Crippen MR) is 166 cm³/mol. The summed E-state index contributed by atoms with van der Waals surface area (Å²) in [6.45, 7) is 4.07. The molecule has 0 saturated carbocycles. The fourth-order valence-electron chi connectivity index (χ4n) is 6.64. The molecule has 2 aromatic carbocycles. The highest BCUT2D eigenvalue weighted by atomic mass is 16.5. The van der Waals surface area contributed by atoms with Gasteiger partial charge in [0.25, 0.3) is 5.91 Å². The lowest BCUT2D eigenvalue weighted by atomic mass is 9.81. The molecule has 2 unspecified atom stereocenters. The Morgan fingerprint density at radius 3 is 2.00 bits per heavy atom. The number of hydrogen-bond acceptors (Lipinski definition) is 9. The number of hydrogen-bond donors (Lipinski definition) is 0. The molecule has 2 fully saturated rings. The van der Waals surface area contributed by atoms with Gasteiger partial charge in [0.1, 0.15) is 5.69 Å². The van der Waals surface area contributed by atoms with Crippen molar-refractivity contribution in [1.29, 1.82) is 0 Å². The first-order chi connectivity index (χ1) is 21.6. The van der Waals surface area contributed by atoms with Crippen molar-refractivity contribution in [1.82, 2.24) is 29.7 Å². The van der Waals surface area contributed by atoms with Crippen LogP contribution in [0, 0.1) is 0 Å². The zero-order valence-corrected chi connectivity index (χ0v) is 25.4. The molecule has 1 amide bonds. The van der Waals surface area contributed by atoms with Crippen LogP contribution in [-0.2, 0) is 6.54 Å². The van der Waals surface area contributed by atoms with E-state index in [2.05, 4.69) is 85.4 Å². The Morgan fingerprint density at radius 2 is 1.43 bits per heavy atom. The molecule has 2 aromatic heterocycles. The second kappa shape index (κ2) is 13.4. The molecule has 2 aliphatic rings. The van der Waals surface area contributed by atoms with E-state index in [1.165, 1.54) is 18.2 Å². The molecule has 2 atom stereocenters. The molecule has 2 aliphatic heterocycles. The van der Waals surface area contributed by atoms with Crippen molar-refractivity contribution in [2.24, 2.45) is 0 Å². The van der Waals surface area contributed by atoms with Gasteiger partial charge in [-0.2, -0.15) is 9.97 Å². The van der Waals surface area contributed by atoms with Crippen LogP contribution in [0.3, 0.4) is 0 Å². The van der Waals surface area contributed by atoms with E-state index in [1.54, 1.807) is 26.5 Å². The Labute approximate surface area is 258 Å². The summed E-state index contributed by atoms with van der Waals surface area (Å²) < 4.78 is 16.6. The van der Waals surface area contributed by atoms with Crippen molar-refractivity contribution in [2.45, 2.75) is 24.5 Å². The Balaban J connectivity index is 1.37. The van der Waals surface area contributed by atoms with E-state index in [0.29, 0.717) is 37.1 Å². The molecule has 10 nitrogen and oxygen atoms in total. The third-order valence-electron chi connectivity index (χ3n) is 8.60. The number of pyridine rings is 1. The summed E-state index contributed by atoms with van der Waals surface area (Å²) in [6.07, 6.45) is 1.67. The first kappa shape index (κ1) is 29.5. The van der Waals surface area contributed by atoms with Crippen LogP contribution in [0.4, 0.5) is 0 Å². The van der Waals surface area contributed by atoms with Crippen molar-refractivity contribution in [3.05, 3.63) is 107 Å². The van der Waals surface area contributed by atoms with Gasteiger partial charge >= 0.3 is 6.01 Å². The molecule has 2 saturated heterocycles. The van der Waals surface area contributed by atoms with Gasteiger partial charge in [-0.05, 0) is 23.3 Å². The highest BCUT2D eigenvalue weighted by Gasteiger charge is 2.43. The molecule has 0 N–H and O–H groups in total. The zero-order chi connectivity index (χ0) is 30.5. The standard InChI is InChI=1S/C34H38N6O4/c1-42-31-27(32(43-2)37-34(36-31)44-3)22-38-20-26-21-39(33(41)28-16-10-11-17-35-28)18-19-40(26)29(23-38)30(24-12-6-4-7-13-24)25-14-8-5-9-15-25/h4-17,26,29-30H,18-23H2,1-3H3. The van der Waals surface area contributed by atoms with Crippen molar-refractivity contribution < 1.29 is 19.0 Å². The molecule has 10 heteroatoms. The predicted octanol–water partition coefficient (Wildman–Crippen LogP) is 3.74. The van der Waals surface area contributed by atoms with Crippen molar-refractivity contribution in [2.75, 3.05) is 54.1 Å². The Kier molecular flexibility index (Phi) is 8.99. The molecule has 0 spiro atoms. The molecule has 44 heavy (non-hydrogen) atoms. The largest absolute Gasteiger partial charge is 0.481 e. The number of aromatic nitrogens is 3. The number of fused-ring (bicyclic) bond motifs is 1. The highest BCUT2D eigenvalue weighted by molar-refractivity contribution is 5.92. The monoisotopic (exact) mass is 594 g/mol. The fourth-order valence-corrected chi connectivity index (χ4v) is 6.64. The third-order valence-corrected chi connectivity index (χ3v) is 8.60. The van der Waals surface area contributed by atoms with Gasteiger partial charge in [-0.25, -0.2) is 0 Å². The normalized spacial score (nSPS) is 19.0. The summed E-state index contributed by atoms with van der Waals surface area (Å²) >= 11 is 0. The highest BCUT2D eigenvalue weighted by Crippen LogP contribution is 2.37. The van der Waals surface area contributed by atoms with Crippen LogP contribution in [0.15, 0.2) is 85.1 Å². The van der Waals surface area contributed by atoms with Gasteiger partial charge in [-0.3, -0.25) is 19.6 Å². The van der Waals surface area contributed by atoms with Crippen LogP contribution in [0.2, 0.25) is 0 Å². The second-order valence-electron chi connectivity index (χ2n) is 11.1. The maximum absolute atomic E-state index is 13.5. The number of benzene rings is 2. The van der Waals surface area contributed by atoms with Gasteiger partial charge in [0.2, 0.25) is 11.8 Å². The number of nitrogens with zero attached hydrogens (tertiary/aromatic N) is 6. The molecule has 4 aromatic rings. The molecule has 4 heterocycles. The van der Waals surface area contributed by atoms with Crippen LogP contribution in [0.1, 0.15) is 33.1 Å². The number of rotatable bonds is 9. The van der Waals surface area contributed by atoms with Crippen LogP contribution in [0.5, 0.6) is 17.8 Å². The number of amides is 1. The van der Waals surface area contributed by atoms with Gasteiger partial charge in [0.15, 0.2) is 0 Å². The first-order valence-electron chi connectivity index (χ1n) is 14.9. The van der Waals surface area contributed by atoms with Crippen molar-refractivity contribution >= 4 is 5.91 Å². The minimum Gasteiger partial charge on any atom is -0.481 e. The van der Waals surface area contributed by atoms with E-state index in [-0.39, 0.29) is 29.9 Å². The Bertz CT molecular complexity index is 1480. The van der Waals surface area contributed by atoms with Gasteiger partial charge in [0, 0.05) is 63.5 Å². The van der Waals surface area contributed by atoms with Crippen LogP contribution < -0.4 is 14.2 Å². The number of carbonyl (C=O) groups excluding carboxylic acids is 1. The van der Waals surface area contributed by atoms with Gasteiger partial charge in [-0.1, -0.05) is 66.7 Å². The third kappa shape index (κ3) is 6.09. The maximum atomic E-state index is 13.5. The molecule has 0 aliphatic carbocycles. The van der Waals surface area contributed by atoms with Crippen molar-refractivity contribution in [3.63, 3.8) is 0 Å². The molecule has 6 rings (SSSR count). The van der Waals surface area contributed by atoms with Gasteiger partial charge in [0.05, 0.1) is 26.9 Å². The second-order valence-corrected chi connectivity index (χ2v) is 11.1. The van der Waals surface area contributed by atoms with E-state index < -0.39 is 0 Å². The van der Waals surface area contributed by atoms with Gasteiger partial charge in [-0.15, -0.1) is 0 Å². The van der Waals surface area contributed by atoms with E-state index in [0.717, 1.165) is 25.2 Å². The first-order valence-corrected chi connectivity index (χ1v) is 14.9. The van der Waals surface area contributed by atoms with E-state index in [1.807, 2.05) is 17.0 Å². The molecular weight excluding hydrogens is 556 g/mol. The molecule has 0 bridgehead atoms. The van der Waals surface area contributed by atoms with Crippen LogP contribution in [0.25, 0.3) is 0 Å². The number of piperazine rings is 2. The summed E-state index contributed by atoms with van der Waals surface area (Å²) in [5.74, 6) is 0.932. The van der Waals surface area contributed by atoms with Crippen LogP contribution >= 0.6 is 0 Å². The SMILES string of the molecule is COc1nc(OC)c(CN2CC3CN(C(=O)c4ccccn4)CCN3C(C(c3ccccc3)c3ccccc3)C2)c(OC)n1. The maximum Gasteiger partial charge on any atom is 0.322 e. The van der Waals surface area contributed by atoms with Gasteiger partial charge < -0.3 is 19.1 Å². The summed E-state index contributed by atoms with van der Waals surface area (Å²) in [5.41, 5.74) is 3.76. The average Bonchev–Trinajstić information content (AvgIpc) is 3.09. The number of ether oxygens (including phenoxy) is 3. The molecule has 228 valence electrons. The summed E-state index contributed by atoms with van der Waals surface area (Å²) in [7, 11) is 4.70. The Hall–Kier alpha value is -4.54. The summed E-state index contributed by atoms with van der Waals surface area (Å²) in [5, 5.41) is 0. The van der Waals surface area contributed by atoms with Crippen molar-refractivity contribution in [3.8, 4) is 17.8 Å². The quantitative estimate of drug-likeness (QED) is 0.287. The lowest BCUT2D eigenvalue weighted by Gasteiger charge is -2.53. The minimum atomic E-state index is -0.0338. The smallest absolute Gasteiger partial charge is 0.322 e. The summed E-state index contributed by atoms with van der Waals surface area (Å²) in [6, 6.07) is 27.3. The van der Waals surface area contributed by atoms with E-state index in [4.69, 9.17) is 14.2 Å². The van der Waals surface area contributed by atoms with E-state index in [9.17, 15) is 4.79 Å². The molecular formula is C34H38N6O4. The number of methoxy groups -OCH3 is 3. The zero-order valence-electron chi connectivity index (χ0n) is 25.4.